The largest absolute Gasteiger partial charge is 0.295 e. The molecule has 2 aromatic heterocycles. The molecule has 0 bridgehead atoms. The Bertz CT molecular complexity index is 723. The van der Waals surface area contributed by atoms with Crippen LogP contribution in [0.25, 0.3) is 0 Å². The number of carbonyl (C=O) groups excluding carboxylic acids is 1. The van der Waals surface area contributed by atoms with E-state index in [1.165, 1.54) is 28.2 Å². The Labute approximate surface area is 138 Å². The first-order chi connectivity index (χ1) is 11.0. The van der Waals surface area contributed by atoms with Gasteiger partial charge in [-0.05, 0) is 18.4 Å². The monoisotopic (exact) mass is 335 g/mol. The summed E-state index contributed by atoms with van der Waals surface area (Å²) in [5.41, 5.74) is -0.00792. The molecular formula is C15H21N5O2S. The zero-order valence-electron chi connectivity index (χ0n) is 13.6. The van der Waals surface area contributed by atoms with Crippen molar-refractivity contribution >= 4 is 22.4 Å². The maximum absolute atomic E-state index is 12.2. The van der Waals surface area contributed by atoms with Crippen molar-refractivity contribution in [2.24, 2.45) is 5.92 Å². The lowest BCUT2D eigenvalue weighted by Crippen LogP contribution is -2.26. The zero-order chi connectivity index (χ0) is 16.8. The van der Waals surface area contributed by atoms with Crippen molar-refractivity contribution in [2.45, 2.75) is 46.6 Å². The minimum absolute atomic E-state index is 0.196. The molecule has 0 aliphatic rings. The minimum atomic E-state index is -0.387. The van der Waals surface area contributed by atoms with Gasteiger partial charge in [0.2, 0.25) is 5.13 Å². The van der Waals surface area contributed by atoms with Crippen LogP contribution in [-0.4, -0.2) is 25.9 Å². The molecule has 7 nitrogen and oxygen atoms in total. The summed E-state index contributed by atoms with van der Waals surface area (Å²) in [6.45, 7) is 6.74. The van der Waals surface area contributed by atoms with E-state index in [0.29, 0.717) is 17.6 Å². The molecule has 0 saturated carbocycles. The molecule has 23 heavy (non-hydrogen) atoms. The van der Waals surface area contributed by atoms with E-state index in [9.17, 15) is 9.59 Å². The van der Waals surface area contributed by atoms with E-state index in [1.807, 2.05) is 6.92 Å². The number of rotatable bonds is 7. The Hall–Kier alpha value is -2.09. The van der Waals surface area contributed by atoms with Gasteiger partial charge in [0.05, 0.1) is 0 Å². The number of nitrogens with one attached hydrogen (secondary N) is 1. The van der Waals surface area contributed by atoms with Gasteiger partial charge in [-0.25, -0.2) is 4.68 Å². The summed E-state index contributed by atoms with van der Waals surface area (Å²) in [4.78, 5) is 23.9. The predicted octanol–water partition coefficient (Wildman–Crippen LogP) is 2.35. The molecule has 2 aromatic rings. The maximum Gasteiger partial charge on any atom is 0.277 e. The number of nitrogens with zero attached hydrogens (tertiary/aromatic N) is 4. The van der Waals surface area contributed by atoms with Crippen LogP contribution in [0.5, 0.6) is 0 Å². The molecule has 0 spiro atoms. The van der Waals surface area contributed by atoms with Gasteiger partial charge in [0.15, 0.2) is 0 Å². The zero-order valence-corrected chi connectivity index (χ0v) is 14.4. The molecule has 124 valence electrons. The van der Waals surface area contributed by atoms with Gasteiger partial charge >= 0.3 is 0 Å². The Kier molecular flexibility index (Phi) is 5.97. The van der Waals surface area contributed by atoms with Crippen LogP contribution in [0, 0.1) is 5.92 Å². The molecule has 8 heteroatoms. The highest BCUT2D eigenvalue weighted by Crippen LogP contribution is 2.18. The lowest BCUT2D eigenvalue weighted by atomic mass is 10.1. The van der Waals surface area contributed by atoms with Gasteiger partial charge < -0.3 is 0 Å². The lowest BCUT2D eigenvalue weighted by molar-refractivity contribution is 0.101. The van der Waals surface area contributed by atoms with Crippen LogP contribution < -0.4 is 10.9 Å². The van der Waals surface area contributed by atoms with Crippen LogP contribution in [0.4, 0.5) is 5.13 Å². The second kappa shape index (κ2) is 7.96. The molecule has 0 saturated heterocycles. The molecule has 0 aromatic carbocycles. The SMILES string of the molecule is CCCCn1nc(C(=O)Nc2nnc(CC(C)C)s2)ccc1=O. The van der Waals surface area contributed by atoms with E-state index < -0.39 is 0 Å². The van der Waals surface area contributed by atoms with Crippen molar-refractivity contribution < 1.29 is 4.79 Å². The van der Waals surface area contributed by atoms with Crippen molar-refractivity contribution in [2.75, 3.05) is 5.32 Å². The number of hydrogen-bond acceptors (Lipinski definition) is 6. The summed E-state index contributed by atoms with van der Waals surface area (Å²) in [6.07, 6.45) is 2.62. The highest BCUT2D eigenvalue weighted by Gasteiger charge is 2.13. The first-order valence-corrected chi connectivity index (χ1v) is 8.53. The second-order valence-electron chi connectivity index (χ2n) is 5.69. The van der Waals surface area contributed by atoms with Gasteiger partial charge in [-0.1, -0.05) is 38.5 Å². The minimum Gasteiger partial charge on any atom is -0.295 e. The van der Waals surface area contributed by atoms with Crippen LogP contribution in [0.1, 0.15) is 49.1 Å². The smallest absolute Gasteiger partial charge is 0.277 e. The molecule has 2 heterocycles. The van der Waals surface area contributed by atoms with Gasteiger partial charge in [-0.2, -0.15) is 5.10 Å². The molecule has 1 N–H and O–H groups in total. The fourth-order valence-electron chi connectivity index (χ4n) is 1.94. The average Bonchev–Trinajstić information content (AvgIpc) is 2.92. The lowest BCUT2D eigenvalue weighted by Gasteiger charge is -2.05. The van der Waals surface area contributed by atoms with Gasteiger partial charge in [-0.15, -0.1) is 10.2 Å². The third-order valence-electron chi connectivity index (χ3n) is 3.09. The Morgan fingerprint density at radius 3 is 2.83 bits per heavy atom. The van der Waals surface area contributed by atoms with Crippen LogP contribution in [0.15, 0.2) is 16.9 Å². The van der Waals surface area contributed by atoms with Crippen molar-refractivity contribution in [1.29, 1.82) is 0 Å². The molecule has 0 aliphatic heterocycles. The van der Waals surface area contributed by atoms with Crippen molar-refractivity contribution in [3.8, 4) is 0 Å². The molecule has 2 rings (SSSR count). The number of carbonyl (C=O) groups is 1. The molecule has 1 amide bonds. The number of amides is 1. The fraction of sp³-hybridized carbons (Fsp3) is 0.533. The van der Waals surface area contributed by atoms with Crippen molar-refractivity contribution in [3.05, 3.63) is 33.2 Å². The highest BCUT2D eigenvalue weighted by atomic mass is 32.1. The summed E-state index contributed by atoms with van der Waals surface area (Å²) < 4.78 is 1.32. The maximum atomic E-state index is 12.2. The number of hydrogen-bond donors (Lipinski definition) is 1. The Morgan fingerprint density at radius 1 is 1.35 bits per heavy atom. The molecular weight excluding hydrogens is 314 g/mol. The average molecular weight is 335 g/mol. The van der Waals surface area contributed by atoms with Gasteiger partial charge in [-0.3, -0.25) is 14.9 Å². The van der Waals surface area contributed by atoms with Crippen LogP contribution in [0.3, 0.4) is 0 Å². The Balaban J connectivity index is 2.08. The van der Waals surface area contributed by atoms with E-state index in [2.05, 4.69) is 34.5 Å². The third-order valence-corrected chi connectivity index (χ3v) is 3.95. The van der Waals surface area contributed by atoms with E-state index in [4.69, 9.17) is 0 Å². The van der Waals surface area contributed by atoms with Crippen LogP contribution in [-0.2, 0) is 13.0 Å². The topological polar surface area (TPSA) is 89.8 Å². The van der Waals surface area contributed by atoms with Crippen LogP contribution >= 0.6 is 11.3 Å². The van der Waals surface area contributed by atoms with E-state index in [0.717, 1.165) is 24.3 Å². The summed E-state index contributed by atoms with van der Waals surface area (Å²) >= 11 is 1.35. The summed E-state index contributed by atoms with van der Waals surface area (Å²) in [6, 6.07) is 2.79. The summed E-state index contributed by atoms with van der Waals surface area (Å²) in [5.74, 6) is 0.0952. The number of aromatic nitrogens is 4. The normalized spacial score (nSPS) is 11.0. The van der Waals surface area contributed by atoms with Gasteiger partial charge in [0.25, 0.3) is 11.5 Å². The standard InChI is InChI=1S/C15H21N5O2S/c1-4-5-8-20-13(21)7-6-11(19-20)14(22)16-15-18-17-12(23-15)9-10(2)3/h6-7,10H,4-5,8-9H2,1-3H3,(H,16,18,22). The quantitative estimate of drug-likeness (QED) is 0.839. The van der Waals surface area contributed by atoms with Crippen molar-refractivity contribution in [1.82, 2.24) is 20.0 Å². The highest BCUT2D eigenvalue weighted by molar-refractivity contribution is 7.15. The Morgan fingerprint density at radius 2 is 2.13 bits per heavy atom. The summed E-state index contributed by atoms with van der Waals surface area (Å²) in [7, 11) is 0. The molecule has 0 unspecified atom stereocenters. The molecule has 0 radical (unpaired) electrons. The number of aryl methyl sites for hydroxylation is 1. The molecule has 0 atom stereocenters. The van der Waals surface area contributed by atoms with E-state index in [-0.39, 0.29) is 17.2 Å². The van der Waals surface area contributed by atoms with Gasteiger partial charge in [0.1, 0.15) is 10.7 Å². The fourth-order valence-corrected chi connectivity index (χ4v) is 2.88. The first kappa shape index (κ1) is 17.3. The van der Waals surface area contributed by atoms with Gasteiger partial charge in [0, 0.05) is 19.0 Å². The number of anilines is 1. The van der Waals surface area contributed by atoms with Crippen molar-refractivity contribution in [3.63, 3.8) is 0 Å². The summed E-state index contributed by atoms with van der Waals surface area (Å²) in [5, 5.41) is 16.1. The second-order valence-corrected chi connectivity index (χ2v) is 6.75. The molecule has 0 aliphatic carbocycles. The van der Waals surface area contributed by atoms with Crippen LogP contribution in [0.2, 0.25) is 0 Å². The third kappa shape index (κ3) is 4.95. The van der Waals surface area contributed by atoms with E-state index in [1.54, 1.807) is 0 Å². The first-order valence-electron chi connectivity index (χ1n) is 7.71. The molecule has 0 fully saturated rings. The number of unbranched alkanes of at least 4 members (excludes halogenated alkanes) is 1. The predicted molar refractivity (Wildman–Crippen MR) is 89.8 cm³/mol. The van der Waals surface area contributed by atoms with E-state index >= 15 is 0 Å².